The second-order valence-electron chi connectivity index (χ2n) is 7.36. The fourth-order valence-corrected chi connectivity index (χ4v) is 3.98. The van der Waals surface area contributed by atoms with E-state index in [1.807, 2.05) is 47.8 Å². The van der Waals surface area contributed by atoms with Gasteiger partial charge in [-0.3, -0.25) is 9.36 Å². The van der Waals surface area contributed by atoms with Crippen LogP contribution in [0.2, 0.25) is 0 Å². The van der Waals surface area contributed by atoms with Crippen molar-refractivity contribution >= 4 is 22.5 Å². The third kappa shape index (κ3) is 2.64. The molecule has 8 nitrogen and oxygen atoms in total. The van der Waals surface area contributed by atoms with Crippen molar-refractivity contribution < 1.29 is 0 Å². The Labute approximate surface area is 161 Å². The molecule has 0 N–H and O–H groups in total. The van der Waals surface area contributed by atoms with Crippen molar-refractivity contribution in [3.63, 3.8) is 0 Å². The third-order valence-electron chi connectivity index (χ3n) is 5.52. The van der Waals surface area contributed by atoms with Crippen molar-refractivity contribution in [1.29, 1.82) is 0 Å². The molecule has 142 valence electrons. The number of aromatic nitrogens is 6. The van der Waals surface area contributed by atoms with E-state index in [0.29, 0.717) is 5.39 Å². The Morgan fingerprint density at radius 3 is 2.64 bits per heavy atom. The Morgan fingerprint density at radius 2 is 1.82 bits per heavy atom. The first-order valence-electron chi connectivity index (χ1n) is 9.51. The standard InChI is InChI=1S/C20H21N7O/c1-13-7-8-17-22-23-18(27(17)24-13)14-9-11-26(12-10-14)20-21-16-6-4-3-5-15(16)19(28)25(20)2/h3-8,14H,9-12H2,1-2H3. The van der Waals surface area contributed by atoms with Gasteiger partial charge in [0.1, 0.15) is 0 Å². The molecule has 0 amide bonds. The smallest absolute Gasteiger partial charge is 0.262 e. The lowest BCUT2D eigenvalue weighted by atomic mass is 9.96. The number of aryl methyl sites for hydroxylation is 1. The van der Waals surface area contributed by atoms with Gasteiger partial charge in [0, 0.05) is 26.1 Å². The molecule has 8 heteroatoms. The van der Waals surface area contributed by atoms with Crippen molar-refractivity contribution in [2.45, 2.75) is 25.7 Å². The van der Waals surface area contributed by atoms with E-state index < -0.39 is 0 Å². The summed E-state index contributed by atoms with van der Waals surface area (Å²) in [6.07, 6.45) is 1.83. The highest BCUT2D eigenvalue weighted by atomic mass is 16.1. The Hall–Kier alpha value is -3.29. The van der Waals surface area contributed by atoms with Crippen molar-refractivity contribution in [3.8, 4) is 0 Å². The fraction of sp³-hybridized carbons (Fsp3) is 0.350. The highest BCUT2D eigenvalue weighted by molar-refractivity contribution is 5.78. The molecule has 1 fully saturated rings. The van der Waals surface area contributed by atoms with Crippen LogP contribution in [0.15, 0.2) is 41.2 Å². The Morgan fingerprint density at radius 1 is 1.04 bits per heavy atom. The molecule has 4 heterocycles. The first-order chi connectivity index (χ1) is 13.6. The van der Waals surface area contributed by atoms with Gasteiger partial charge in [-0.05, 0) is 44.0 Å². The molecule has 0 radical (unpaired) electrons. The Balaban J connectivity index is 1.43. The molecule has 0 atom stereocenters. The zero-order valence-corrected chi connectivity index (χ0v) is 15.9. The summed E-state index contributed by atoms with van der Waals surface area (Å²) >= 11 is 0. The van der Waals surface area contributed by atoms with Gasteiger partial charge in [0.05, 0.1) is 16.6 Å². The van der Waals surface area contributed by atoms with Crippen LogP contribution in [0.1, 0.15) is 30.3 Å². The van der Waals surface area contributed by atoms with Crippen molar-refractivity contribution in [1.82, 2.24) is 29.4 Å². The number of hydrogen-bond acceptors (Lipinski definition) is 6. The summed E-state index contributed by atoms with van der Waals surface area (Å²) in [7, 11) is 1.79. The van der Waals surface area contributed by atoms with Gasteiger partial charge in [0.25, 0.3) is 5.56 Å². The molecular weight excluding hydrogens is 354 g/mol. The average Bonchev–Trinajstić information content (AvgIpc) is 3.14. The predicted octanol–water partition coefficient (Wildman–Crippen LogP) is 2.06. The minimum atomic E-state index is -0.00847. The van der Waals surface area contributed by atoms with Crippen LogP contribution < -0.4 is 10.5 Å². The summed E-state index contributed by atoms with van der Waals surface area (Å²) < 4.78 is 3.51. The van der Waals surface area contributed by atoms with Crippen LogP contribution in [0.5, 0.6) is 0 Å². The van der Waals surface area contributed by atoms with Gasteiger partial charge < -0.3 is 4.90 Å². The average molecular weight is 375 g/mol. The van der Waals surface area contributed by atoms with Crippen LogP contribution >= 0.6 is 0 Å². The van der Waals surface area contributed by atoms with Gasteiger partial charge in [-0.15, -0.1) is 10.2 Å². The maximum atomic E-state index is 12.7. The maximum Gasteiger partial charge on any atom is 0.262 e. The highest BCUT2D eigenvalue weighted by Crippen LogP contribution is 2.29. The van der Waals surface area contributed by atoms with Gasteiger partial charge >= 0.3 is 0 Å². The first-order valence-corrected chi connectivity index (χ1v) is 9.51. The molecule has 28 heavy (non-hydrogen) atoms. The van der Waals surface area contributed by atoms with Gasteiger partial charge in [0.2, 0.25) is 5.95 Å². The lowest BCUT2D eigenvalue weighted by Crippen LogP contribution is -2.38. The molecule has 3 aromatic heterocycles. The van der Waals surface area contributed by atoms with E-state index in [-0.39, 0.29) is 11.5 Å². The van der Waals surface area contributed by atoms with Crippen molar-refractivity contribution in [3.05, 3.63) is 58.3 Å². The normalized spacial score (nSPS) is 15.6. The summed E-state index contributed by atoms with van der Waals surface area (Å²) in [6.45, 7) is 3.59. The number of anilines is 1. The van der Waals surface area contributed by atoms with E-state index in [4.69, 9.17) is 4.98 Å². The highest BCUT2D eigenvalue weighted by Gasteiger charge is 2.27. The third-order valence-corrected chi connectivity index (χ3v) is 5.52. The van der Waals surface area contributed by atoms with E-state index in [1.165, 1.54) is 0 Å². The molecule has 1 aliphatic rings. The zero-order valence-electron chi connectivity index (χ0n) is 15.9. The second kappa shape index (κ2) is 6.40. The largest absolute Gasteiger partial charge is 0.342 e. The molecule has 0 spiro atoms. The van der Waals surface area contributed by atoms with Gasteiger partial charge in [0.15, 0.2) is 11.5 Å². The van der Waals surface area contributed by atoms with Crippen LogP contribution in [0.3, 0.4) is 0 Å². The van der Waals surface area contributed by atoms with Crippen LogP contribution in [0, 0.1) is 6.92 Å². The van der Waals surface area contributed by atoms with Crippen molar-refractivity contribution in [2.75, 3.05) is 18.0 Å². The lowest BCUT2D eigenvalue weighted by molar-refractivity contribution is 0.468. The first kappa shape index (κ1) is 16.9. The molecule has 0 saturated carbocycles. The number of nitrogens with zero attached hydrogens (tertiary/aromatic N) is 7. The Bertz CT molecular complexity index is 1230. The van der Waals surface area contributed by atoms with E-state index in [9.17, 15) is 4.79 Å². The number of para-hydroxylation sites is 1. The van der Waals surface area contributed by atoms with Crippen LogP contribution in [-0.4, -0.2) is 42.5 Å². The van der Waals surface area contributed by atoms with E-state index in [0.717, 1.165) is 54.6 Å². The summed E-state index contributed by atoms with van der Waals surface area (Å²) in [4.78, 5) is 19.6. The molecule has 0 bridgehead atoms. The molecule has 4 aromatic rings. The van der Waals surface area contributed by atoms with Crippen LogP contribution in [-0.2, 0) is 7.05 Å². The molecule has 0 aliphatic carbocycles. The summed E-state index contributed by atoms with van der Waals surface area (Å²) in [5, 5.41) is 13.9. The topological polar surface area (TPSA) is 81.2 Å². The number of fused-ring (bicyclic) bond motifs is 2. The number of benzene rings is 1. The predicted molar refractivity (Wildman–Crippen MR) is 107 cm³/mol. The van der Waals surface area contributed by atoms with E-state index in [1.54, 1.807) is 11.6 Å². The van der Waals surface area contributed by atoms with E-state index in [2.05, 4.69) is 20.2 Å². The summed E-state index contributed by atoms with van der Waals surface area (Å²) in [5.74, 6) is 1.93. The quantitative estimate of drug-likeness (QED) is 0.533. The fourth-order valence-electron chi connectivity index (χ4n) is 3.98. The van der Waals surface area contributed by atoms with E-state index >= 15 is 0 Å². The minimum Gasteiger partial charge on any atom is -0.342 e. The maximum absolute atomic E-state index is 12.7. The molecule has 1 aromatic carbocycles. The molecular formula is C20H21N7O. The number of rotatable bonds is 2. The van der Waals surface area contributed by atoms with Crippen LogP contribution in [0.25, 0.3) is 16.6 Å². The second-order valence-corrected chi connectivity index (χ2v) is 7.36. The van der Waals surface area contributed by atoms with Gasteiger partial charge in [-0.1, -0.05) is 12.1 Å². The number of piperidine rings is 1. The zero-order chi connectivity index (χ0) is 19.3. The summed E-state index contributed by atoms with van der Waals surface area (Å²) in [6, 6.07) is 11.4. The lowest BCUT2D eigenvalue weighted by Gasteiger charge is -2.32. The number of hydrogen-bond donors (Lipinski definition) is 0. The minimum absolute atomic E-state index is 0.00847. The monoisotopic (exact) mass is 375 g/mol. The van der Waals surface area contributed by atoms with Gasteiger partial charge in [-0.25, -0.2) is 4.98 Å². The molecule has 5 rings (SSSR count). The van der Waals surface area contributed by atoms with Crippen LogP contribution in [0.4, 0.5) is 5.95 Å². The summed E-state index contributed by atoms with van der Waals surface area (Å²) in [5.41, 5.74) is 2.46. The van der Waals surface area contributed by atoms with Crippen molar-refractivity contribution in [2.24, 2.45) is 7.05 Å². The SMILES string of the molecule is Cc1ccc2nnc(C3CCN(c4nc5ccccc5c(=O)n4C)CC3)n2n1. The van der Waals surface area contributed by atoms with Gasteiger partial charge in [-0.2, -0.15) is 9.61 Å². The Kier molecular flexibility index (Phi) is 3.85. The molecule has 1 aliphatic heterocycles. The molecule has 1 saturated heterocycles. The molecule has 0 unspecified atom stereocenters.